The summed E-state index contributed by atoms with van der Waals surface area (Å²) in [4.78, 5) is 19.8. The molecule has 0 spiro atoms. The van der Waals surface area contributed by atoms with Gasteiger partial charge in [0, 0.05) is 29.4 Å². The molecule has 4 rings (SSSR count). The Labute approximate surface area is 196 Å². The van der Waals surface area contributed by atoms with E-state index in [1.54, 1.807) is 15.5 Å². The number of anilines is 1. The summed E-state index contributed by atoms with van der Waals surface area (Å²) in [5.41, 5.74) is 2.53. The summed E-state index contributed by atoms with van der Waals surface area (Å²) >= 11 is 12.3. The monoisotopic (exact) mass is 495 g/mol. The van der Waals surface area contributed by atoms with Gasteiger partial charge in [-0.1, -0.05) is 36.0 Å². The van der Waals surface area contributed by atoms with E-state index in [0.717, 1.165) is 37.5 Å². The molecule has 170 valence electrons. The van der Waals surface area contributed by atoms with Crippen molar-refractivity contribution in [1.82, 2.24) is 19.5 Å². The van der Waals surface area contributed by atoms with E-state index in [9.17, 15) is 13.2 Å². The van der Waals surface area contributed by atoms with Gasteiger partial charge >= 0.3 is 0 Å². The number of aromatic nitrogens is 3. The summed E-state index contributed by atoms with van der Waals surface area (Å²) in [6, 6.07) is 6.10. The molecule has 1 aromatic carbocycles. The lowest BCUT2D eigenvalue weighted by Gasteiger charge is -2.29. The minimum absolute atomic E-state index is 0.198. The van der Waals surface area contributed by atoms with Gasteiger partial charge in [-0.15, -0.1) is 0 Å². The normalized spacial score (nSPS) is 17.4. The number of aryl methyl sites for hydroxylation is 1. The van der Waals surface area contributed by atoms with Gasteiger partial charge in [-0.25, -0.2) is 17.9 Å². The molecule has 1 fully saturated rings. The quantitative estimate of drug-likeness (QED) is 0.538. The molecule has 0 radical (unpaired) electrons. The third kappa shape index (κ3) is 4.84. The zero-order chi connectivity index (χ0) is 23.0. The van der Waals surface area contributed by atoms with E-state index in [4.69, 9.17) is 23.2 Å². The zero-order valence-electron chi connectivity index (χ0n) is 17.7. The molecule has 3 heterocycles. The number of nitrogens with zero attached hydrogens (tertiary/aromatic N) is 4. The topological polar surface area (TPSA) is 96.7 Å². The Morgan fingerprint density at radius 2 is 1.97 bits per heavy atom. The number of fused-ring (bicyclic) bond motifs is 1. The number of carbonyl (C=O) groups is 1. The Hall–Kier alpha value is -2.36. The Balaban J connectivity index is 1.76. The Kier molecular flexibility index (Phi) is 6.33. The van der Waals surface area contributed by atoms with Crippen LogP contribution in [-0.4, -0.2) is 46.6 Å². The van der Waals surface area contributed by atoms with E-state index < -0.39 is 10.0 Å². The van der Waals surface area contributed by atoms with Crippen LogP contribution in [0.4, 0.5) is 5.69 Å². The molecule has 11 heteroatoms. The molecule has 1 aliphatic rings. The van der Waals surface area contributed by atoms with E-state index in [-0.39, 0.29) is 23.2 Å². The SMILES string of the molecule is Cc1cn2nc(C3CCCCCN3C(=O)c3cc(Cl)ccc3NS(C)(=O)=O)cc2nc1Cl. The molecule has 0 saturated carbocycles. The standard InChI is InChI=1S/C21H23Cl2N5O3S/c1-13-12-28-19(24-20(13)23)11-17(25-28)18-6-4-3-5-9-27(18)21(29)15-10-14(22)7-8-16(15)26-32(2,30)31/h7-8,10-12,18,26H,3-6,9H2,1-2H3. The molecule has 32 heavy (non-hydrogen) atoms. The molecule has 0 bridgehead atoms. The summed E-state index contributed by atoms with van der Waals surface area (Å²) < 4.78 is 27.8. The van der Waals surface area contributed by atoms with E-state index >= 15 is 0 Å². The molecule has 3 aromatic rings. The fourth-order valence-corrected chi connectivity index (χ4v) is 4.85. The molecule has 1 N–H and O–H groups in total. The number of nitrogens with one attached hydrogen (secondary N) is 1. The molecule has 1 atom stereocenters. The average Bonchev–Trinajstić information content (AvgIpc) is 2.95. The van der Waals surface area contributed by atoms with Crippen LogP contribution in [0.1, 0.15) is 53.3 Å². The molecule has 0 aliphatic carbocycles. The summed E-state index contributed by atoms with van der Waals surface area (Å²) in [7, 11) is -3.58. The molecule has 2 aromatic heterocycles. The summed E-state index contributed by atoms with van der Waals surface area (Å²) in [5, 5.41) is 5.43. The zero-order valence-corrected chi connectivity index (χ0v) is 20.0. The second kappa shape index (κ2) is 8.88. The van der Waals surface area contributed by atoms with Crippen LogP contribution in [0.15, 0.2) is 30.5 Å². The van der Waals surface area contributed by atoms with Crippen molar-refractivity contribution in [3.8, 4) is 0 Å². The van der Waals surface area contributed by atoms with Crippen molar-refractivity contribution < 1.29 is 13.2 Å². The van der Waals surface area contributed by atoms with Gasteiger partial charge in [0.1, 0.15) is 5.15 Å². The number of hydrogen-bond acceptors (Lipinski definition) is 5. The van der Waals surface area contributed by atoms with Crippen LogP contribution in [-0.2, 0) is 10.0 Å². The molecule has 1 unspecified atom stereocenters. The van der Waals surface area contributed by atoms with Gasteiger partial charge in [-0.05, 0) is 38.0 Å². The maximum atomic E-state index is 13.7. The first-order valence-electron chi connectivity index (χ1n) is 10.2. The van der Waals surface area contributed by atoms with E-state index in [1.165, 1.54) is 12.1 Å². The highest BCUT2D eigenvalue weighted by Crippen LogP contribution is 2.33. The lowest BCUT2D eigenvalue weighted by Crippen LogP contribution is -2.35. The first-order chi connectivity index (χ1) is 15.1. The number of carbonyl (C=O) groups excluding carboxylic acids is 1. The van der Waals surface area contributed by atoms with Gasteiger partial charge in [-0.2, -0.15) is 5.10 Å². The van der Waals surface area contributed by atoms with E-state index in [2.05, 4.69) is 14.8 Å². The third-order valence-electron chi connectivity index (χ3n) is 5.45. The maximum Gasteiger partial charge on any atom is 0.256 e. The Bertz CT molecular complexity index is 1250. The number of sulfonamides is 1. The Morgan fingerprint density at radius 1 is 1.19 bits per heavy atom. The first kappa shape index (κ1) is 22.8. The first-order valence-corrected chi connectivity index (χ1v) is 12.9. The van der Waals surface area contributed by atoms with Gasteiger partial charge in [0.15, 0.2) is 5.65 Å². The average molecular weight is 496 g/mol. The molecular weight excluding hydrogens is 473 g/mol. The summed E-state index contributed by atoms with van der Waals surface area (Å²) in [5.74, 6) is -0.301. The molecule has 1 amide bonds. The van der Waals surface area contributed by atoms with Crippen molar-refractivity contribution in [3.05, 3.63) is 57.5 Å². The number of halogens is 2. The number of amides is 1. The largest absolute Gasteiger partial charge is 0.330 e. The predicted molar refractivity (Wildman–Crippen MR) is 125 cm³/mol. The van der Waals surface area contributed by atoms with Crippen LogP contribution in [0.3, 0.4) is 0 Å². The third-order valence-corrected chi connectivity index (χ3v) is 6.66. The van der Waals surface area contributed by atoms with Gasteiger partial charge in [0.2, 0.25) is 10.0 Å². The minimum Gasteiger partial charge on any atom is -0.330 e. The van der Waals surface area contributed by atoms with Gasteiger partial charge in [0.25, 0.3) is 5.91 Å². The van der Waals surface area contributed by atoms with Crippen molar-refractivity contribution in [2.24, 2.45) is 0 Å². The number of hydrogen-bond donors (Lipinski definition) is 1. The summed E-state index contributed by atoms with van der Waals surface area (Å²) in [6.07, 6.45) is 6.36. The number of likely N-dealkylation sites (tertiary alicyclic amines) is 1. The lowest BCUT2D eigenvalue weighted by atomic mass is 10.0. The Morgan fingerprint density at radius 3 is 2.72 bits per heavy atom. The minimum atomic E-state index is -3.58. The van der Waals surface area contributed by atoms with Crippen molar-refractivity contribution in [3.63, 3.8) is 0 Å². The van der Waals surface area contributed by atoms with Gasteiger partial charge < -0.3 is 4.90 Å². The summed E-state index contributed by atoms with van der Waals surface area (Å²) in [6.45, 7) is 2.38. The highest BCUT2D eigenvalue weighted by atomic mass is 35.5. The van der Waals surface area contributed by atoms with Crippen molar-refractivity contribution in [2.75, 3.05) is 17.5 Å². The molecule has 1 aliphatic heterocycles. The van der Waals surface area contributed by atoms with Crippen molar-refractivity contribution >= 4 is 50.5 Å². The smallest absolute Gasteiger partial charge is 0.256 e. The molecule has 8 nitrogen and oxygen atoms in total. The molecular formula is C21H23Cl2N5O3S. The number of benzene rings is 1. The number of rotatable bonds is 4. The van der Waals surface area contributed by atoms with Gasteiger partial charge in [-0.3, -0.25) is 9.52 Å². The fourth-order valence-electron chi connectivity index (χ4n) is 3.97. The fraction of sp³-hybridized carbons (Fsp3) is 0.381. The van der Waals surface area contributed by atoms with E-state index in [0.29, 0.717) is 28.1 Å². The van der Waals surface area contributed by atoms with Crippen LogP contribution in [0.25, 0.3) is 5.65 Å². The molecule has 1 saturated heterocycles. The predicted octanol–water partition coefficient (Wildman–Crippen LogP) is 4.47. The second-order valence-electron chi connectivity index (χ2n) is 8.01. The highest BCUT2D eigenvalue weighted by molar-refractivity contribution is 7.92. The second-order valence-corrected chi connectivity index (χ2v) is 10.6. The lowest BCUT2D eigenvalue weighted by molar-refractivity contribution is 0.0678. The van der Waals surface area contributed by atoms with E-state index in [1.807, 2.05) is 19.2 Å². The van der Waals surface area contributed by atoms with Gasteiger partial charge in [0.05, 0.1) is 29.2 Å². The van der Waals surface area contributed by atoms with Crippen LogP contribution >= 0.6 is 23.2 Å². The van der Waals surface area contributed by atoms with Crippen LogP contribution in [0.2, 0.25) is 10.2 Å². The maximum absolute atomic E-state index is 13.7. The highest BCUT2D eigenvalue weighted by Gasteiger charge is 2.31. The van der Waals surface area contributed by atoms with Crippen LogP contribution in [0, 0.1) is 6.92 Å². The van der Waals surface area contributed by atoms with Crippen LogP contribution < -0.4 is 4.72 Å². The van der Waals surface area contributed by atoms with Crippen molar-refractivity contribution in [2.45, 2.75) is 38.6 Å². The van der Waals surface area contributed by atoms with Crippen LogP contribution in [0.5, 0.6) is 0 Å². The van der Waals surface area contributed by atoms with Crippen molar-refractivity contribution in [1.29, 1.82) is 0 Å².